The molecule has 104 valence electrons. The topological polar surface area (TPSA) is 29.4 Å². The molecule has 0 radical (unpaired) electrons. The summed E-state index contributed by atoms with van der Waals surface area (Å²) in [6, 6.07) is 18.0. The van der Waals surface area contributed by atoms with Crippen LogP contribution in [0.25, 0.3) is 10.0 Å². The molecule has 0 saturated carbocycles. The summed E-state index contributed by atoms with van der Waals surface area (Å²) in [6.07, 6.45) is 0. The van der Waals surface area contributed by atoms with Gasteiger partial charge in [-0.25, -0.2) is 0 Å². The fraction of sp³-hybridized carbons (Fsp3) is 0.0588. The molecule has 0 fully saturated rings. The van der Waals surface area contributed by atoms with E-state index in [1.54, 1.807) is 0 Å². The van der Waals surface area contributed by atoms with E-state index in [1.165, 1.54) is 10.0 Å². The summed E-state index contributed by atoms with van der Waals surface area (Å²) in [4.78, 5) is 18.8. The van der Waals surface area contributed by atoms with Crippen molar-refractivity contribution in [1.82, 2.24) is 0 Å². The molecule has 0 unspecified atom stereocenters. The molecule has 0 aliphatic rings. The summed E-state index contributed by atoms with van der Waals surface area (Å²) < 4.78 is 2.42. The zero-order valence-corrected chi connectivity index (χ0v) is 14.9. The molecule has 0 N–H and O–H groups in total. The van der Waals surface area contributed by atoms with E-state index in [1.807, 2.05) is 49.4 Å². The molecule has 0 atom stereocenters. The summed E-state index contributed by atoms with van der Waals surface area (Å²) in [7, 11) is 0. The first-order valence-corrected chi connectivity index (χ1v) is 10.1. The van der Waals surface area contributed by atoms with E-state index >= 15 is 0 Å². The Labute approximate surface area is 135 Å². The molecule has 0 aliphatic carbocycles. The Bertz CT molecular complexity index is 831. The van der Waals surface area contributed by atoms with Gasteiger partial charge in [0.1, 0.15) is 0 Å². The number of rotatable bonds is 2. The average molecular weight is 405 g/mol. The van der Waals surface area contributed by atoms with Gasteiger partial charge in [-0.15, -0.1) is 0 Å². The van der Waals surface area contributed by atoms with Crippen molar-refractivity contribution < 1.29 is 4.79 Å². The van der Waals surface area contributed by atoms with Crippen molar-refractivity contribution in [1.29, 1.82) is 0 Å². The van der Waals surface area contributed by atoms with Gasteiger partial charge in [0.25, 0.3) is 0 Å². The number of aryl methyl sites for hydroxylation is 1. The van der Waals surface area contributed by atoms with Gasteiger partial charge in [-0.1, -0.05) is 0 Å². The molecule has 0 saturated heterocycles. The third kappa shape index (κ3) is 3.61. The van der Waals surface area contributed by atoms with Crippen LogP contribution in [-0.2, 0) is 0 Å². The second kappa shape index (κ2) is 6.55. The molecule has 3 rings (SSSR count). The van der Waals surface area contributed by atoms with Gasteiger partial charge in [0.05, 0.1) is 0 Å². The molecule has 2 nitrogen and oxygen atoms in total. The predicted octanol–water partition coefficient (Wildman–Crippen LogP) is 2.52. The Balaban J connectivity index is 1.91. The number of carbonyl (C=O) groups is 1. The minimum atomic E-state index is -0.111. The SMILES string of the molecule is Cc1cccc(C(=O)N=c2[se]cc(-c3ccccc3)[se]2)c1. The zero-order chi connectivity index (χ0) is 14.7. The van der Waals surface area contributed by atoms with Crippen LogP contribution >= 0.6 is 0 Å². The Morgan fingerprint density at radius 3 is 2.62 bits per heavy atom. The van der Waals surface area contributed by atoms with Gasteiger partial charge < -0.3 is 0 Å². The van der Waals surface area contributed by atoms with Crippen LogP contribution in [0.2, 0.25) is 0 Å². The van der Waals surface area contributed by atoms with E-state index in [4.69, 9.17) is 0 Å². The third-order valence-electron chi connectivity index (χ3n) is 2.98. The van der Waals surface area contributed by atoms with Crippen LogP contribution < -0.4 is 3.11 Å². The minimum absolute atomic E-state index is 0.111. The molecule has 4 heteroatoms. The number of hydrogen-bond acceptors (Lipinski definition) is 1. The molecule has 0 bridgehead atoms. The monoisotopic (exact) mass is 407 g/mol. The van der Waals surface area contributed by atoms with Crippen molar-refractivity contribution in [3.8, 4) is 10.0 Å². The summed E-state index contributed by atoms with van der Waals surface area (Å²) >= 11 is 0.394. The van der Waals surface area contributed by atoms with Crippen LogP contribution in [0.3, 0.4) is 0 Å². The van der Waals surface area contributed by atoms with E-state index in [0.29, 0.717) is 5.56 Å². The van der Waals surface area contributed by atoms with Crippen LogP contribution in [0, 0.1) is 6.92 Å². The number of carbonyl (C=O) groups excluding carboxylic acids is 1. The Hall–Kier alpha value is -1.44. The molecule has 3 aromatic rings. The van der Waals surface area contributed by atoms with Gasteiger partial charge in [-0.3, -0.25) is 0 Å². The van der Waals surface area contributed by atoms with Crippen LogP contribution in [0.4, 0.5) is 0 Å². The molecular weight excluding hydrogens is 392 g/mol. The molecule has 21 heavy (non-hydrogen) atoms. The van der Waals surface area contributed by atoms with Gasteiger partial charge in [0, 0.05) is 0 Å². The van der Waals surface area contributed by atoms with E-state index in [-0.39, 0.29) is 34.9 Å². The third-order valence-corrected chi connectivity index (χ3v) is 8.81. The molecule has 1 heterocycles. The maximum absolute atomic E-state index is 12.2. The van der Waals surface area contributed by atoms with Crippen LogP contribution in [0.15, 0.2) is 64.5 Å². The van der Waals surface area contributed by atoms with Gasteiger partial charge in [0.2, 0.25) is 0 Å². The van der Waals surface area contributed by atoms with Crippen LogP contribution in [0.1, 0.15) is 15.9 Å². The number of benzene rings is 2. The normalized spacial score (nSPS) is 11.6. The quantitative estimate of drug-likeness (QED) is 0.603. The van der Waals surface area contributed by atoms with Gasteiger partial charge in [-0.05, 0) is 0 Å². The molecule has 0 spiro atoms. The molecule has 0 aliphatic heterocycles. The van der Waals surface area contributed by atoms with E-state index in [0.717, 1.165) is 8.67 Å². The van der Waals surface area contributed by atoms with Crippen molar-refractivity contribution in [2.75, 3.05) is 0 Å². The fourth-order valence-corrected chi connectivity index (χ4v) is 7.43. The van der Waals surface area contributed by atoms with Crippen molar-refractivity contribution in [2.24, 2.45) is 4.99 Å². The number of nitrogens with zero attached hydrogens (tertiary/aromatic N) is 1. The molecule has 1 aromatic heterocycles. The van der Waals surface area contributed by atoms with E-state index in [2.05, 4.69) is 22.1 Å². The summed E-state index contributed by atoms with van der Waals surface area (Å²) in [5.74, 6) is -0.111. The van der Waals surface area contributed by atoms with E-state index in [9.17, 15) is 4.79 Å². The summed E-state index contributed by atoms with van der Waals surface area (Å²) in [5.41, 5.74) is 3.03. The van der Waals surface area contributed by atoms with Gasteiger partial charge in [0.15, 0.2) is 0 Å². The van der Waals surface area contributed by atoms with Crippen LogP contribution in [0.5, 0.6) is 0 Å². The Kier molecular flexibility index (Phi) is 4.52. The van der Waals surface area contributed by atoms with E-state index < -0.39 is 0 Å². The first-order valence-electron chi connectivity index (χ1n) is 6.52. The maximum atomic E-state index is 12.2. The molecular formula is C17H13NOSe2. The van der Waals surface area contributed by atoms with Crippen molar-refractivity contribution >= 4 is 34.9 Å². The first-order chi connectivity index (χ1) is 10.2. The number of hydrogen-bond donors (Lipinski definition) is 0. The fourth-order valence-electron chi connectivity index (χ4n) is 1.95. The average Bonchev–Trinajstić information content (AvgIpc) is 2.97. The second-order valence-corrected chi connectivity index (χ2v) is 9.89. The van der Waals surface area contributed by atoms with Gasteiger partial charge >= 0.3 is 135 Å². The van der Waals surface area contributed by atoms with Crippen LogP contribution in [-0.4, -0.2) is 34.9 Å². The molecule has 1 amide bonds. The summed E-state index contributed by atoms with van der Waals surface area (Å²) in [5, 5.41) is 0. The predicted molar refractivity (Wildman–Crippen MR) is 86.8 cm³/mol. The summed E-state index contributed by atoms with van der Waals surface area (Å²) in [6.45, 7) is 1.99. The standard InChI is InChI=1S/C17H13NOSe2/c1-12-6-5-9-14(10-12)16(19)18-17-20-11-15(21-17)13-7-3-2-4-8-13/h2-11H,1H3. The van der Waals surface area contributed by atoms with Crippen molar-refractivity contribution in [3.05, 3.63) is 73.8 Å². The van der Waals surface area contributed by atoms with Gasteiger partial charge in [-0.2, -0.15) is 0 Å². The Morgan fingerprint density at radius 2 is 1.86 bits per heavy atom. The van der Waals surface area contributed by atoms with Crippen molar-refractivity contribution in [2.45, 2.75) is 6.92 Å². The zero-order valence-electron chi connectivity index (χ0n) is 11.4. The first kappa shape index (κ1) is 14.5. The van der Waals surface area contributed by atoms with Crippen molar-refractivity contribution in [3.63, 3.8) is 0 Å². The second-order valence-electron chi connectivity index (χ2n) is 4.62. The molecule has 2 aromatic carbocycles. The Morgan fingerprint density at radius 1 is 1.05 bits per heavy atom. The number of amides is 1.